The second kappa shape index (κ2) is 8.53. The molecule has 0 bridgehead atoms. The van der Waals surface area contributed by atoms with Crippen molar-refractivity contribution < 1.29 is 22.6 Å². The van der Waals surface area contributed by atoms with Gasteiger partial charge in [0.2, 0.25) is 9.84 Å². The standard InChI is InChI=1S/C18H15Cl2NO5S/c1-24-15-9-17(26-3)16(25-2)7-11(15)6-13(10-21)27(22,23)18-8-12(19)4-5-14(18)20/h4-9H,1-3H3. The van der Waals surface area contributed by atoms with Gasteiger partial charge in [0.25, 0.3) is 0 Å². The molecule has 0 N–H and O–H groups in total. The van der Waals surface area contributed by atoms with Gasteiger partial charge in [-0.15, -0.1) is 0 Å². The van der Waals surface area contributed by atoms with Crippen molar-refractivity contribution in [2.24, 2.45) is 0 Å². The van der Waals surface area contributed by atoms with Crippen molar-refractivity contribution in [2.45, 2.75) is 4.90 Å². The fourth-order valence-corrected chi connectivity index (χ4v) is 4.18. The molecule has 0 atom stereocenters. The van der Waals surface area contributed by atoms with Crippen molar-refractivity contribution in [3.8, 4) is 23.3 Å². The summed E-state index contributed by atoms with van der Waals surface area (Å²) in [4.78, 5) is -0.791. The third kappa shape index (κ3) is 4.30. The summed E-state index contributed by atoms with van der Waals surface area (Å²) in [7, 11) is 0.0964. The minimum atomic E-state index is -4.21. The first kappa shape index (κ1) is 20.9. The number of methoxy groups -OCH3 is 3. The highest BCUT2D eigenvalue weighted by Crippen LogP contribution is 2.37. The van der Waals surface area contributed by atoms with E-state index in [9.17, 15) is 13.7 Å². The number of nitriles is 1. The fraction of sp³-hybridized carbons (Fsp3) is 0.167. The molecule has 2 aromatic rings. The number of halogens is 2. The van der Waals surface area contributed by atoms with Gasteiger partial charge >= 0.3 is 0 Å². The first-order valence-electron chi connectivity index (χ1n) is 7.40. The Hall–Kier alpha value is -2.40. The van der Waals surface area contributed by atoms with Crippen molar-refractivity contribution in [1.29, 1.82) is 5.26 Å². The van der Waals surface area contributed by atoms with Crippen LogP contribution in [0.1, 0.15) is 5.56 Å². The normalized spacial score (nSPS) is 11.6. The molecule has 142 valence electrons. The summed E-state index contributed by atoms with van der Waals surface area (Å²) in [5, 5.41) is 9.60. The van der Waals surface area contributed by atoms with Gasteiger partial charge in [0, 0.05) is 16.7 Å². The number of hydrogen-bond donors (Lipinski definition) is 0. The minimum Gasteiger partial charge on any atom is -0.496 e. The van der Waals surface area contributed by atoms with E-state index in [0.717, 1.165) is 0 Å². The molecule has 0 aliphatic heterocycles. The molecule has 2 aromatic carbocycles. The van der Waals surface area contributed by atoms with Gasteiger partial charge in [-0.2, -0.15) is 5.26 Å². The fourth-order valence-electron chi connectivity index (χ4n) is 2.28. The lowest BCUT2D eigenvalue weighted by Crippen LogP contribution is -2.05. The molecule has 0 aliphatic rings. The van der Waals surface area contributed by atoms with Crippen molar-refractivity contribution >= 4 is 39.1 Å². The maximum atomic E-state index is 12.9. The van der Waals surface area contributed by atoms with Crippen LogP contribution in [0.3, 0.4) is 0 Å². The van der Waals surface area contributed by atoms with Crippen molar-refractivity contribution in [2.75, 3.05) is 21.3 Å². The Morgan fingerprint density at radius 3 is 2.15 bits per heavy atom. The molecule has 0 aromatic heterocycles. The molecule has 0 saturated heterocycles. The first-order valence-corrected chi connectivity index (χ1v) is 9.64. The molecule has 0 saturated carbocycles. The number of benzene rings is 2. The maximum absolute atomic E-state index is 12.9. The lowest BCUT2D eigenvalue weighted by Gasteiger charge is -2.13. The molecule has 9 heteroatoms. The summed E-state index contributed by atoms with van der Waals surface area (Å²) in [6, 6.07) is 8.72. The summed E-state index contributed by atoms with van der Waals surface area (Å²) in [5.74, 6) is 1.04. The molecular weight excluding hydrogens is 413 g/mol. The molecule has 0 amide bonds. The van der Waals surface area contributed by atoms with Gasteiger partial charge in [0.05, 0.1) is 31.2 Å². The van der Waals surface area contributed by atoms with Gasteiger partial charge in [0.15, 0.2) is 11.5 Å². The topological polar surface area (TPSA) is 85.6 Å². The Morgan fingerprint density at radius 1 is 1.00 bits per heavy atom. The number of rotatable bonds is 6. The number of hydrogen-bond acceptors (Lipinski definition) is 6. The van der Waals surface area contributed by atoms with Crippen LogP contribution in [-0.4, -0.2) is 29.7 Å². The monoisotopic (exact) mass is 427 g/mol. The average molecular weight is 428 g/mol. The van der Waals surface area contributed by atoms with Crippen LogP contribution in [-0.2, 0) is 9.84 Å². The quantitative estimate of drug-likeness (QED) is 0.636. The van der Waals surface area contributed by atoms with Crippen LogP contribution < -0.4 is 14.2 Å². The second-order valence-corrected chi connectivity index (χ2v) is 7.88. The van der Waals surface area contributed by atoms with Gasteiger partial charge in [-0.05, 0) is 30.3 Å². The maximum Gasteiger partial charge on any atom is 0.218 e. The summed E-state index contributed by atoms with van der Waals surface area (Å²) in [6.45, 7) is 0. The molecule has 0 aliphatic carbocycles. The van der Waals surface area contributed by atoms with Crippen LogP contribution >= 0.6 is 23.2 Å². The molecule has 0 heterocycles. The molecule has 27 heavy (non-hydrogen) atoms. The van der Waals surface area contributed by atoms with E-state index in [2.05, 4.69) is 0 Å². The van der Waals surface area contributed by atoms with E-state index in [1.165, 1.54) is 57.7 Å². The summed E-state index contributed by atoms with van der Waals surface area (Å²) in [6.07, 6.45) is 1.17. The van der Waals surface area contributed by atoms with Gasteiger partial charge in [-0.1, -0.05) is 23.2 Å². The van der Waals surface area contributed by atoms with Gasteiger partial charge < -0.3 is 14.2 Å². The highest BCUT2D eigenvalue weighted by molar-refractivity contribution is 7.95. The van der Waals surface area contributed by atoms with Crippen LogP contribution in [0.2, 0.25) is 10.0 Å². The molecular formula is C18H15Cl2NO5S. The van der Waals surface area contributed by atoms with Crippen LogP contribution in [0.15, 0.2) is 40.1 Å². The van der Waals surface area contributed by atoms with E-state index in [0.29, 0.717) is 22.8 Å². The molecule has 2 rings (SSSR count). The Morgan fingerprint density at radius 2 is 1.59 bits per heavy atom. The zero-order chi connectivity index (χ0) is 20.2. The number of sulfone groups is 1. The predicted molar refractivity (Wildman–Crippen MR) is 103 cm³/mol. The third-order valence-electron chi connectivity index (χ3n) is 3.60. The average Bonchev–Trinajstić information content (AvgIpc) is 2.66. The highest BCUT2D eigenvalue weighted by atomic mass is 35.5. The molecule has 6 nitrogen and oxygen atoms in total. The summed E-state index contributed by atoms with van der Waals surface area (Å²) < 4.78 is 41.4. The minimum absolute atomic E-state index is 0.0418. The number of allylic oxidation sites excluding steroid dienone is 1. The van der Waals surface area contributed by atoms with E-state index in [4.69, 9.17) is 37.4 Å². The summed E-state index contributed by atoms with van der Waals surface area (Å²) in [5.41, 5.74) is 0.313. The van der Waals surface area contributed by atoms with Gasteiger partial charge in [0.1, 0.15) is 16.7 Å². The Balaban J connectivity index is 2.69. The van der Waals surface area contributed by atoms with Crippen LogP contribution in [0.5, 0.6) is 17.2 Å². The first-order chi connectivity index (χ1) is 12.8. The lowest BCUT2D eigenvalue weighted by atomic mass is 10.1. The third-order valence-corrected chi connectivity index (χ3v) is 5.99. The summed E-state index contributed by atoms with van der Waals surface area (Å²) >= 11 is 11.9. The highest BCUT2D eigenvalue weighted by Gasteiger charge is 2.25. The van der Waals surface area contributed by atoms with E-state index < -0.39 is 14.7 Å². The molecule has 0 fully saturated rings. The van der Waals surface area contributed by atoms with Crippen molar-refractivity contribution in [3.63, 3.8) is 0 Å². The smallest absolute Gasteiger partial charge is 0.218 e. The zero-order valence-corrected chi connectivity index (χ0v) is 16.9. The zero-order valence-electron chi connectivity index (χ0n) is 14.6. The number of ether oxygens (including phenoxy) is 3. The second-order valence-electron chi connectivity index (χ2n) is 5.15. The SMILES string of the molecule is COc1cc(OC)c(OC)cc1C=C(C#N)S(=O)(=O)c1cc(Cl)ccc1Cl. The Kier molecular flexibility index (Phi) is 6.60. The van der Waals surface area contributed by atoms with E-state index >= 15 is 0 Å². The molecule has 0 unspecified atom stereocenters. The molecule has 0 spiro atoms. The van der Waals surface area contributed by atoms with Gasteiger partial charge in [-0.3, -0.25) is 0 Å². The predicted octanol–water partition coefficient (Wildman–Crippen LogP) is 4.36. The largest absolute Gasteiger partial charge is 0.496 e. The van der Waals surface area contributed by atoms with E-state index in [-0.39, 0.29) is 14.9 Å². The number of nitrogens with zero attached hydrogens (tertiary/aromatic N) is 1. The van der Waals surface area contributed by atoms with Gasteiger partial charge in [-0.25, -0.2) is 8.42 Å². The van der Waals surface area contributed by atoms with Crippen LogP contribution in [0.4, 0.5) is 0 Å². The molecule has 0 radical (unpaired) electrons. The Labute approximate surface area is 167 Å². The lowest BCUT2D eigenvalue weighted by molar-refractivity contribution is 0.348. The van der Waals surface area contributed by atoms with Crippen molar-refractivity contribution in [3.05, 3.63) is 50.8 Å². The van der Waals surface area contributed by atoms with E-state index in [1.54, 1.807) is 6.07 Å². The Bertz CT molecular complexity index is 1040. The van der Waals surface area contributed by atoms with Crippen LogP contribution in [0, 0.1) is 11.3 Å². The van der Waals surface area contributed by atoms with Crippen molar-refractivity contribution in [1.82, 2.24) is 0 Å². The van der Waals surface area contributed by atoms with E-state index in [1.807, 2.05) is 0 Å². The van der Waals surface area contributed by atoms with Crippen LogP contribution in [0.25, 0.3) is 6.08 Å².